The molecule has 4 aromatic rings. The Kier molecular flexibility index (Phi) is 5.99. The van der Waals surface area contributed by atoms with Gasteiger partial charge in [0, 0.05) is 11.6 Å². The molecule has 0 aliphatic carbocycles. The van der Waals surface area contributed by atoms with Gasteiger partial charge in [0.2, 0.25) is 11.1 Å². The normalized spacial score (nSPS) is 10.8. The highest BCUT2D eigenvalue weighted by molar-refractivity contribution is 7.99. The van der Waals surface area contributed by atoms with Gasteiger partial charge in [0.05, 0.1) is 24.2 Å². The highest BCUT2D eigenvalue weighted by Crippen LogP contribution is 2.22. The molecular weight excluding hydrogens is 419 g/mol. The van der Waals surface area contributed by atoms with Crippen molar-refractivity contribution in [3.8, 4) is 22.8 Å². The fourth-order valence-corrected chi connectivity index (χ4v) is 3.46. The van der Waals surface area contributed by atoms with E-state index in [0.29, 0.717) is 22.5 Å². The van der Waals surface area contributed by atoms with Crippen LogP contribution in [-0.2, 0) is 4.79 Å². The molecule has 31 heavy (non-hydrogen) atoms. The summed E-state index contributed by atoms with van der Waals surface area (Å²) in [7, 11) is 1.61. The monoisotopic (exact) mass is 438 g/mol. The first-order chi connectivity index (χ1) is 15.0. The lowest BCUT2D eigenvalue weighted by Gasteiger charge is -2.08. The number of rotatable bonds is 7. The third kappa shape index (κ3) is 4.92. The van der Waals surface area contributed by atoms with E-state index in [-0.39, 0.29) is 17.5 Å². The number of nitrogens with one attached hydrogen (secondary N) is 2. The number of hydrogen-bond acceptors (Lipinski definition) is 6. The number of nitrogens with zero attached hydrogens (tertiary/aromatic N) is 4. The maximum Gasteiger partial charge on any atom is 0.236 e. The predicted molar refractivity (Wildman–Crippen MR) is 116 cm³/mol. The molecule has 0 aliphatic rings. The fourth-order valence-electron chi connectivity index (χ4n) is 2.87. The number of carbonyl (C=O) groups excluding carboxylic acids is 1. The summed E-state index contributed by atoms with van der Waals surface area (Å²) in [6.07, 6.45) is 0. The maximum atomic E-state index is 13.2. The first-order valence-corrected chi connectivity index (χ1v) is 10.3. The summed E-state index contributed by atoms with van der Waals surface area (Å²) < 4.78 is 19.9. The summed E-state index contributed by atoms with van der Waals surface area (Å²) in [6.45, 7) is 1.82. The Morgan fingerprint density at radius 2 is 1.94 bits per heavy atom. The Balaban J connectivity index is 1.39. The van der Waals surface area contributed by atoms with Crippen molar-refractivity contribution >= 4 is 23.5 Å². The quantitative estimate of drug-likeness (QED) is 0.426. The second-order valence-electron chi connectivity index (χ2n) is 6.59. The zero-order valence-corrected chi connectivity index (χ0v) is 17.6. The molecule has 0 saturated carbocycles. The van der Waals surface area contributed by atoms with Crippen molar-refractivity contribution in [1.82, 2.24) is 25.0 Å². The lowest BCUT2D eigenvalue weighted by atomic mass is 10.2. The van der Waals surface area contributed by atoms with Gasteiger partial charge < -0.3 is 10.1 Å². The van der Waals surface area contributed by atoms with E-state index >= 15 is 0 Å². The number of H-pyrrole nitrogens is 1. The van der Waals surface area contributed by atoms with Crippen molar-refractivity contribution in [3.05, 3.63) is 66.1 Å². The minimum absolute atomic E-state index is 0.119. The Labute approximate surface area is 181 Å². The number of halogens is 1. The summed E-state index contributed by atoms with van der Waals surface area (Å²) in [5.41, 5.74) is 2.24. The molecule has 0 radical (unpaired) electrons. The number of amides is 1. The van der Waals surface area contributed by atoms with Gasteiger partial charge >= 0.3 is 0 Å². The molecule has 2 N–H and O–H groups in total. The number of aromatic amines is 1. The Morgan fingerprint density at radius 3 is 2.65 bits per heavy atom. The van der Waals surface area contributed by atoms with E-state index in [9.17, 15) is 9.18 Å². The summed E-state index contributed by atoms with van der Waals surface area (Å²) in [6, 6.07) is 15.1. The van der Waals surface area contributed by atoms with Gasteiger partial charge in [0.15, 0.2) is 5.82 Å². The van der Waals surface area contributed by atoms with Crippen molar-refractivity contribution in [2.45, 2.75) is 12.1 Å². The molecule has 2 heterocycles. The lowest BCUT2D eigenvalue weighted by molar-refractivity contribution is -0.113. The van der Waals surface area contributed by atoms with E-state index in [1.165, 1.54) is 23.9 Å². The SMILES string of the molecule is COc1ccc(-c2nc(SCC(=O)Nc3cc(C)nn3-c3ccc(F)cc3)n[nH]2)cc1. The van der Waals surface area contributed by atoms with Crippen LogP contribution < -0.4 is 10.1 Å². The summed E-state index contributed by atoms with van der Waals surface area (Å²) >= 11 is 1.21. The minimum atomic E-state index is -0.338. The second kappa shape index (κ2) is 9.00. The number of aromatic nitrogens is 5. The predicted octanol–water partition coefficient (Wildman–Crippen LogP) is 3.84. The van der Waals surface area contributed by atoms with Crippen molar-refractivity contribution in [2.75, 3.05) is 18.2 Å². The zero-order valence-electron chi connectivity index (χ0n) is 16.8. The van der Waals surface area contributed by atoms with E-state index in [2.05, 4.69) is 25.6 Å². The number of aryl methyl sites for hydroxylation is 1. The molecule has 0 fully saturated rings. The largest absolute Gasteiger partial charge is 0.497 e. The molecule has 0 saturated heterocycles. The van der Waals surface area contributed by atoms with E-state index in [0.717, 1.165) is 17.0 Å². The molecule has 10 heteroatoms. The van der Waals surface area contributed by atoms with Crippen LogP contribution >= 0.6 is 11.8 Å². The first-order valence-electron chi connectivity index (χ1n) is 9.34. The van der Waals surface area contributed by atoms with Crippen LogP contribution in [0.1, 0.15) is 5.69 Å². The van der Waals surface area contributed by atoms with E-state index in [4.69, 9.17) is 4.74 Å². The van der Waals surface area contributed by atoms with Crippen LogP contribution in [0.3, 0.4) is 0 Å². The highest BCUT2D eigenvalue weighted by Gasteiger charge is 2.13. The number of thioether (sulfide) groups is 1. The van der Waals surface area contributed by atoms with Gasteiger partial charge in [-0.25, -0.2) is 14.1 Å². The van der Waals surface area contributed by atoms with Gasteiger partial charge in [-0.05, 0) is 55.5 Å². The number of benzene rings is 2. The highest BCUT2D eigenvalue weighted by atomic mass is 32.2. The van der Waals surface area contributed by atoms with E-state index in [1.807, 2.05) is 31.2 Å². The van der Waals surface area contributed by atoms with Gasteiger partial charge in [0.25, 0.3) is 0 Å². The third-order valence-electron chi connectivity index (χ3n) is 4.33. The standard InChI is InChI=1S/C21H19FN6O2S/c1-13-11-18(28(27-13)16-7-5-15(22)6-8-16)23-19(29)12-31-21-24-20(25-26-21)14-3-9-17(30-2)10-4-14/h3-11H,12H2,1-2H3,(H,23,29)(H,24,25,26). The molecular formula is C21H19FN6O2S. The summed E-state index contributed by atoms with van der Waals surface area (Å²) in [5.74, 6) is 1.41. The molecule has 1 amide bonds. The minimum Gasteiger partial charge on any atom is -0.497 e. The zero-order chi connectivity index (χ0) is 21.8. The van der Waals surface area contributed by atoms with Crippen LogP contribution in [-0.4, -0.2) is 43.7 Å². The third-order valence-corrected chi connectivity index (χ3v) is 5.18. The van der Waals surface area contributed by atoms with Crippen LogP contribution in [0.25, 0.3) is 17.1 Å². The van der Waals surface area contributed by atoms with Crippen LogP contribution in [0.2, 0.25) is 0 Å². The van der Waals surface area contributed by atoms with E-state index < -0.39 is 0 Å². The van der Waals surface area contributed by atoms with Crippen molar-refractivity contribution in [2.24, 2.45) is 0 Å². The molecule has 0 spiro atoms. The average Bonchev–Trinajstić information content (AvgIpc) is 3.39. The number of anilines is 1. The van der Waals surface area contributed by atoms with Crippen LogP contribution in [0.5, 0.6) is 5.75 Å². The topological polar surface area (TPSA) is 97.7 Å². The lowest BCUT2D eigenvalue weighted by Crippen LogP contribution is -2.17. The summed E-state index contributed by atoms with van der Waals surface area (Å²) in [4.78, 5) is 16.9. The van der Waals surface area contributed by atoms with Gasteiger partial charge in [0.1, 0.15) is 17.4 Å². The molecule has 158 valence electrons. The molecule has 0 bridgehead atoms. The number of hydrogen-bond donors (Lipinski definition) is 2. The van der Waals surface area contributed by atoms with Crippen LogP contribution in [0.15, 0.2) is 59.8 Å². The van der Waals surface area contributed by atoms with Crippen molar-refractivity contribution < 1.29 is 13.9 Å². The van der Waals surface area contributed by atoms with Gasteiger partial charge in [-0.15, -0.1) is 5.10 Å². The average molecular weight is 438 g/mol. The van der Waals surface area contributed by atoms with Crippen molar-refractivity contribution in [1.29, 1.82) is 0 Å². The first kappa shape index (κ1) is 20.6. The molecule has 8 nitrogen and oxygen atoms in total. The van der Waals surface area contributed by atoms with Crippen LogP contribution in [0, 0.1) is 12.7 Å². The molecule has 2 aromatic heterocycles. The Bertz CT molecular complexity index is 1190. The molecule has 0 unspecified atom stereocenters. The molecule has 4 rings (SSSR count). The smallest absolute Gasteiger partial charge is 0.236 e. The van der Waals surface area contributed by atoms with Gasteiger partial charge in [-0.2, -0.15) is 5.10 Å². The number of methoxy groups -OCH3 is 1. The molecule has 2 aromatic carbocycles. The van der Waals surface area contributed by atoms with E-state index in [1.54, 1.807) is 30.0 Å². The molecule has 0 atom stereocenters. The van der Waals surface area contributed by atoms with Gasteiger partial charge in [-0.3, -0.25) is 9.89 Å². The number of carbonyl (C=O) groups is 1. The Morgan fingerprint density at radius 1 is 1.19 bits per heavy atom. The maximum absolute atomic E-state index is 13.2. The molecule has 0 aliphatic heterocycles. The van der Waals surface area contributed by atoms with Gasteiger partial charge in [-0.1, -0.05) is 11.8 Å². The van der Waals surface area contributed by atoms with Crippen molar-refractivity contribution in [3.63, 3.8) is 0 Å². The number of ether oxygens (including phenoxy) is 1. The Hall–Kier alpha value is -3.66. The second-order valence-corrected chi connectivity index (χ2v) is 7.53. The van der Waals surface area contributed by atoms with Crippen LogP contribution in [0.4, 0.5) is 10.2 Å². The fraction of sp³-hybridized carbons (Fsp3) is 0.143. The summed E-state index contributed by atoms with van der Waals surface area (Å²) in [5, 5.41) is 14.7.